The molecule has 4 unspecified atom stereocenters. The van der Waals surface area contributed by atoms with Crippen molar-refractivity contribution in [2.75, 3.05) is 7.11 Å². The van der Waals surface area contributed by atoms with Gasteiger partial charge in [-0.1, -0.05) is 42.5 Å². The Morgan fingerprint density at radius 2 is 1.74 bits per heavy atom. The summed E-state index contributed by atoms with van der Waals surface area (Å²) in [7, 11) is 1.37. The molecule has 2 heterocycles. The molecule has 3 aliphatic rings. The zero-order valence-electron chi connectivity index (χ0n) is 25.4. The van der Waals surface area contributed by atoms with Crippen molar-refractivity contribution in [1.29, 1.82) is 0 Å². The SMILES string of the molecule is COc1cccc2c1C(=O)c1c(O)c3c(c(O)c1C2=O)C[C@@](O)(c1csc(-c2ccccc2)n1)C[C@@H]3OC1CC(N)C(O)C(C)O1.Cl. The van der Waals surface area contributed by atoms with Crippen LogP contribution in [0.3, 0.4) is 0 Å². The Hall–Kier alpha value is -3.88. The topological polar surface area (TPSA) is 182 Å². The first kappa shape index (κ1) is 33.0. The third kappa shape index (κ3) is 5.30. The number of aromatic hydroxyl groups is 2. The summed E-state index contributed by atoms with van der Waals surface area (Å²) in [6, 6.07) is 13.3. The molecule has 13 heteroatoms. The van der Waals surface area contributed by atoms with E-state index in [9.17, 15) is 30.0 Å². The monoisotopic (exact) mass is 680 g/mol. The predicted molar refractivity (Wildman–Crippen MR) is 173 cm³/mol. The number of nitrogens with zero attached hydrogens (tertiary/aromatic N) is 1. The lowest BCUT2D eigenvalue weighted by atomic mass is 9.72. The summed E-state index contributed by atoms with van der Waals surface area (Å²) in [5.41, 5.74) is 4.98. The summed E-state index contributed by atoms with van der Waals surface area (Å²) in [6.45, 7) is 1.65. The van der Waals surface area contributed by atoms with Crippen LogP contribution >= 0.6 is 23.7 Å². The Morgan fingerprint density at radius 3 is 2.45 bits per heavy atom. The number of ether oxygens (including phenoxy) is 3. The molecule has 1 saturated heterocycles. The van der Waals surface area contributed by atoms with Crippen molar-refractivity contribution in [1.82, 2.24) is 4.98 Å². The maximum absolute atomic E-state index is 13.9. The molecule has 1 aliphatic heterocycles. The van der Waals surface area contributed by atoms with Crippen LogP contribution in [0.25, 0.3) is 10.6 Å². The molecule has 6 N–H and O–H groups in total. The number of ketones is 2. The van der Waals surface area contributed by atoms with Crippen molar-refractivity contribution >= 4 is 35.3 Å². The lowest BCUT2D eigenvalue weighted by molar-refractivity contribution is -0.248. The van der Waals surface area contributed by atoms with E-state index in [-0.39, 0.29) is 70.8 Å². The second-order valence-corrected chi connectivity index (χ2v) is 12.8. The molecule has 0 amide bonds. The first-order valence-corrected chi connectivity index (χ1v) is 15.8. The third-order valence-corrected chi connectivity index (χ3v) is 10.0. The summed E-state index contributed by atoms with van der Waals surface area (Å²) in [5, 5.41) is 48.6. The van der Waals surface area contributed by atoms with Crippen molar-refractivity contribution in [3.63, 3.8) is 0 Å². The molecule has 2 aliphatic carbocycles. The number of rotatable bonds is 5. The molecule has 246 valence electrons. The Labute approximate surface area is 280 Å². The molecule has 1 aromatic heterocycles. The van der Waals surface area contributed by atoms with Gasteiger partial charge in [0.2, 0.25) is 5.78 Å². The van der Waals surface area contributed by atoms with Crippen LogP contribution in [0, 0.1) is 0 Å². The van der Waals surface area contributed by atoms with Gasteiger partial charge >= 0.3 is 0 Å². The summed E-state index contributed by atoms with van der Waals surface area (Å²) in [6.07, 6.45) is -3.98. The van der Waals surface area contributed by atoms with Gasteiger partial charge in [-0.3, -0.25) is 9.59 Å². The number of aromatic nitrogens is 1. The fourth-order valence-corrected chi connectivity index (χ4v) is 7.71. The van der Waals surface area contributed by atoms with Crippen molar-refractivity contribution < 1.29 is 44.2 Å². The Morgan fingerprint density at radius 1 is 1.02 bits per heavy atom. The second kappa shape index (κ2) is 12.3. The number of aliphatic hydroxyl groups is 2. The maximum Gasteiger partial charge on any atom is 0.202 e. The normalized spacial score (nSPS) is 26.5. The quantitative estimate of drug-likeness (QED) is 0.168. The van der Waals surface area contributed by atoms with E-state index in [4.69, 9.17) is 24.9 Å². The smallest absolute Gasteiger partial charge is 0.202 e. The fraction of sp³-hybridized carbons (Fsp3) is 0.324. The van der Waals surface area contributed by atoms with E-state index in [1.54, 1.807) is 18.4 Å². The van der Waals surface area contributed by atoms with Crippen molar-refractivity contribution in [3.8, 4) is 27.8 Å². The molecule has 4 aromatic rings. The Kier molecular flexibility index (Phi) is 8.64. The maximum atomic E-state index is 13.9. The van der Waals surface area contributed by atoms with E-state index >= 15 is 0 Å². The molecule has 1 fully saturated rings. The van der Waals surface area contributed by atoms with Crippen molar-refractivity contribution in [3.05, 3.63) is 93.0 Å². The number of aliphatic hydroxyl groups excluding tert-OH is 1. The van der Waals surface area contributed by atoms with Gasteiger partial charge in [-0.15, -0.1) is 23.7 Å². The van der Waals surface area contributed by atoms with Crippen LogP contribution < -0.4 is 10.5 Å². The fourth-order valence-electron chi connectivity index (χ4n) is 6.79. The number of halogens is 1. The minimum atomic E-state index is -1.72. The number of phenolic OH excluding ortho intramolecular Hbond substituents is 2. The number of phenols is 2. The van der Waals surface area contributed by atoms with Crippen LogP contribution in [0.4, 0.5) is 0 Å². The van der Waals surface area contributed by atoms with Gasteiger partial charge in [-0.25, -0.2) is 4.98 Å². The van der Waals surface area contributed by atoms with Crippen LogP contribution in [0.15, 0.2) is 53.9 Å². The highest BCUT2D eigenvalue weighted by Gasteiger charge is 2.49. The lowest BCUT2D eigenvalue weighted by Crippen LogP contribution is -2.52. The van der Waals surface area contributed by atoms with Gasteiger partial charge in [0.25, 0.3) is 0 Å². The average molecular weight is 681 g/mol. The van der Waals surface area contributed by atoms with Gasteiger partial charge in [-0.2, -0.15) is 0 Å². The molecule has 3 aromatic carbocycles. The van der Waals surface area contributed by atoms with Gasteiger partial charge in [0.05, 0.1) is 47.8 Å². The van der Waals surface area contributed by atoms with E-state index in [1.165, 1.54) is 30.6 Å². The number of methoxy groups -OCH3 is 1. The molecule has 7 rings (SSSR count). The van der Waals surface area contributed by atoms with Gasteiger partial charge in [-0.05, 0) is 13.0 Å². The van der Waals surface area contributed by atoms with E-state index in [2.05, 4.69) is 0 Å². The van der Waals surface area contributed by atoms with Gasteiger partial charge in [0.15, 0.2) is 12.1 Å². The molecule has 0 radical (unpaired) electrons. The number of nitrogens with two attached hydrogens (primary N) is 1. The summed E-state index contributed by atoms with van der Waals surface area (Å²) < 4.78 is 17.6. The first-order chi connectivity index (χ1) is 22.0. The third-order valence-electron chi connectivity index (χ3n) is 9.14. The van der Waals surface area contributed by atoms with Crippen molar-refractivity contribution in [2.45, 2.75) is 62.4 Å². The number of hydrogen-bond acceptors (Lipinski definition) is 12. The largest absolute Gasteiger partial charge is 0.507 e. The van der Waals surface area contributed by atoms with Crippen LogP contribution in [-0.2, 0) is 21.5 Å². The highest BCUT2D eigenvalue weighted by Crippen LogP contribution is 2.54. The highest BCUT2D eigenvalue weighted by atomic mass is 35.5. The number of benzene rings is 3. The average Bonchev–Trinajstić information content (AvgIpc) is 3.56. The van der Waals surface area contributed by atoms with Crippen LogP contribution in [0.1, 0.15) is 74.5 Å². The second-order valence-electron chi connectivity index (χ2n) is 12.0. The zero-order valence-corrected chi connectivity index (χ0v) is 27.0. The zero-order chi connectivity index (χ0) is 32.5. The molecule has 0 bridgehead atoms. The minimum Gasteiger partial charge on any atom is -0.507 e. The first-order valence-electron chi connectivity index (χ1n) is 14.9. The summed E-state index contributed by atoms with van der Waals surface area (Å²) in [5.74, 6) is -2.30. The predicted octanol–water partition coefficient (Wildman–Crippen LogP) is 4.14. The van der Waals surface area contributed by atoms with Crippen molar-refractivity contribution in [2.24, 2.45) is 5.73 Å². The van der Waals surface area contributed by atoms with Gasteiger partial charge in [0, 0.05) is 52.9 Å². The van der Waals surface area contributed by atoms with Crippen LogP contribution in [0.5, 0.6) is 17.2 Å². The van der Waals surface area contributed by atoms with Gasteiger partial charge in [0.1, 0.15) is 27.9 Å². The van der Waals surface area contributed by atoms with E-state index < -0.39 is 59.3 Å². The molecular formula is C34H33ClN2O9S. The Bertz CT molecular complexity index is 1870. The van der Waals surface area contributed by atoms with Gasteiger partial charge < -0.3 is 40.4 Å². The lowest BCUT2D eigenvalue weighted by Gasteiger charge is -2.42. The van der Waals surface area contributed by atoms with Crippen LogP contribution in [-0.4, -0.2) is 68.6 Å². The molecule has 0 spiro atoms. The van der Waals surface area contributed by atoms with Crippen LogP contribution in [0.2, 0.25) is 0 Å². The number of carbonyl (C=O) groups excluding carboxylic acids is 2. The number of fused-ring (bicyclic) bond motifs is 3. The van der Waals surface area contributed by atoms with E-state index in [0.29, 0.717) is 10.7 Å². The van der Waals surface area contributed by atoms with E-state index in [0.717, 1.165) is 5.56 Å². The molecule has 6 atom stereocenters. The molecule has 47 heavy (non-hydrogen) atoms. The highest BCUT2D eigenvalue weighted by molar-refractivity contribution is 7.13. The molecular weight excluding hydrogens is 648 g/mol. The summed E-state index contributed by atoms with van der Waals surface area (Å²) in [4.78, 5) is 32.5. The number of hydrogen-bond donors (Lipinski definition) is 5. The molecule has 0 saturated carbocycles. The molecule has 11 nitrogen and oxygen atoms in total. The number of thiazole rings is 1. The van der Waals surface area contributed by atoms with E-state index in [1.807, 2.05) is 30.3 Å². The minimum absolute atomic E-state index is 0. The Balaban J connectivity index is 0.00000386. The number of carbonyl (C=O) groups is 2. The standard InChI is InChI=1S/C34H32N2O9S.ClH/c1-15-28(37)19(35)11-23(44-15)45-21-13-34(42,22-14-46-33(36-22)16-7-4-3-5-8-16)12-18-25(21)32(41)27-26(30(18)39)29(38)17-9-6-10-20(43-2)24(17)31(27)40;/h3-10,14-15,19,21,23,28,37,39,41-42H,11-13,35H2,1-2H3;1H/t15?,19?,21-,23?,28?,34-;/m0./s1. The summed E-state index contributed by atoms with van der Waals surface area (Å²) >= 11 is 1.34.